The molecule has 0 fully saturated rings. The number of benzene rings is 2. The molecule has 166 valence electrons. The molecule has 0 bridgehead atoms. The smallest absolute Gasteiger partial charge is 0.229 e. The van der Waals surface area contributed by atoms with Crippen LogP contribution in [0.2, 0.25) is 5.02 Å². The van der Waals surface area contributed by atoms with E-state index in [1.54, 1.807) is 20.4 Å². The van der Waals surface area contributed by atoms with Crippen molar-refractivity contribution >= 4 is 47.2 Å². The van der Waals surface area contributed by atoms with E-state index < -0.39 is 12.6 Å². The van der Waals surface area contributed by atoms with E-state index in [4.69, 9.17) is 16.3 Å². The van der Waals surface area contributed by atoms with Gasteiger partial charge in [-0.3, -0.25) is 0 Å². The standard InChI is InChI=1S/C23H25ClN5O2P/c1-23(2,14-25)15-10-11-17(19(12-15)31-3)28-22-26-13-16(24)21(29-22)27-18-8-6-7-9-20(18)32(4,5)30/h6-13H,1-5H3,(H2,26,27,28,29). The van der Waals surface area contributed by atoms with Crippen LogP contribution in [-0.4, -0.2) is 30.4 Å². The Morgan fingerprint density at radius 3 is 2.50 bits per heavy atom. The first-order valence-corrected chi connectivity index (χ1v) is 12.8. The molecule has 0 saturated carbocycles. The number of aromatic nitrogens is 2. The van der Waals surface area contributed by atoms with Crippen molar-refractivity contribution in [2.75, 3.05) is 31.1 Å². The summed E-state index contributed by atoms with van der Waals surface area (Å²) in [6, 6.07) is 15.1. The Bertz CT molecular complexity index is 1230. The zero-order valence-electron chi connectivity index (χ0n) is 18.6. The quantitative estimate of drug-likeness (QED) is 0.429. The van der Waals surface area contributed by atoms with E-state index in [0.717, 1.165) is 5.56 Å². The van der Waals surface area contributed by atoms with E-state index in [0.29, 0.717) is 39.2 Å². The van der Waals surface area contributed by atoms with Gasteiger partial charge < -0.3 is 19.9 Å². The fourth-order valence-electron chi connectivity index (χ4n) is 3.06. The molecule has 1 heterocycles. The van der Waals surface area contributed by atoms with Crippen LogP contribution in [0.15, 0.2) is 48.7 Å². The first kappa shape index (κ1) is 23.6. The predicted octanol–water partition coefficient (Wildman–Crippen LogP) is 5.67. The topological polar surface area (TPSA) is 99.9 Å². The number of nitriles is 1. The summed E-state index contributed by atoms with van der Waals surface area (Å²) in [5.41, 5.74) is 1.51. The Morgan fingerprint density at radius 2 is 1.84 bits per heavy atom. The lowest BCUT2D eigenvalue weighted by Gasteiger charge is -2.19. The highest BCUT2D eigenvalue weighted by atomic mass is 35.5. The number of ether oxygens (including phenoxy) is 1. The van der Waals surface area contributed by atoms with Crippen LogP contribution in [0.4, 0.5) is 23.1 Å². The molecule has 0 radical (unpaired) electrons. The Labute approximate surface area is 193 Å². The molecule has 2 N–H and O–H groups in total. The van der Waals surface area contributed by atoms with Crippen LogP contribution in [0.3, 0.4) is 0 Å². The lowest BCUT2D eigenvalue weighted by Crippen LogP contribution is -2.14. The fourth-order valence-corrected chi connectivity index (χ4v) is 4.35. The number of nitrogens with one attached hydrogen (secondary N) is 2. The Morgan fingerprint density at radius 1 is 1.12 bits per heavy atom. The summed E-state index contributed by atoms with van der Waals surface area (Å²) in [6.45, 7) is 7.12. The number of para-hydroxylation sites is 1. The molecular formula is C23H25ClN5O2P. The average Bonchev–Trinajstić information content (AvgIpc) is 2.76. The van der Waals surface area contributed by atoms with Gasteiger partial charge >= 0.3 is 0 Å². The number of methoxy groups -OCH3 is 1. The lowest BCUT2D eigenvalue weighted by atomic mass is 9.86. The highest BCUT2D eigenvalue weighted by Crippen LogP contribution is 2.39. The van der Waals surface area contributed by atoms with Gasteiger partial charge in [-0.05, 0) is 57.0 Å². The SMILES string of the molecule is COc1cc(C(C)(C)C#N)ccc1Nc1ncc(Cl)c(Nc2ccccc2P(C)(C)=O)n1. The summed E-state index contributed by atoms with van der Waals surface area (Å²) in [5, 5.41) is 16.7. The Hall–Kier alpha value is -3.07. The largest absolute Gasteiger partial charge is 0.495 e. The minimum atomic E-state index is -2.51. The van der Waals surface area contributed by atoms with Gasteiger partial charge in [0.05, 0.1) is 36.2 Å². The van der Waals surface area contributed by atoms with Crippen LogP contribution < -0.4 is 20.7 Å². The van der Waals surface area contributed by atoms with Crippen molar-refractivity contribution in [3.63, 3.8) is 0 Å². The van der Waals surface area contributed by atoms with Crippen LogP contribution in [0.1, 0.15) is 19.4 Å². The molecule has 0 aliphatic carbocycles. The molecule has 7 nitrogen and oxygen atoms in total. The summed E-state index contributed by atoms with van der Waals surface area (Å²) >= 11 is 6.32. The van der Waals surface area contributed by atoms with Crippen molar-refractivity contribution < 1.29 is 9.30 Å². The molecule has 0 spiro atoms. The third-order valence-corrected chi connectivity index (χ3v) is 6.76. The maximum atomic E-state index is 12.7. The van der Waals surface area contributed by atoms with E-state index >= 15 is 0 Å². The van der Waals surface area contributed by atoms with Gasteiger partial charge in [-0.2, -0.15) is 10.2 Å². The number of hydrogen-bond acceptors (Lipinski definition) is 7. The van der Waals surface area contributed by atoms with Crippen LogP contribution in [0, 0.1) is 11.3 Å². The van der Waals surface area contributed by atoms with Crippen molar-refractivity contribution in [2.45, 2.75) is 19.3 Å². The molecule has 3 aromatic rings. The van der Waals surface area contributed by atoms with Crippen LogP contribution in [0.5, 0.6) is 5.75 Å². The van der Waals surface area contributed by atoms with Crippen LogP contribution in [-0.2, 0) is 9.98 Å². The molecule has 9 heteroatoms. The van der Waals surface area contributed by atoms with Crippen molar-refractivity contribution in [1.82, 2.24) is 9.97 Å². The molecule has 0 aliphatic heterocycles. The normalized spacial score (nSPS) is 11.5. The van der Waals surface area contributed by atoms with E-state index in [1.807, 2.05) is 56.3 Å². The van der Waals surface area contributed by atoms with Crippen molar-refractivity contribution in [3.05, 3.63) is 59.2 Å². The van der Waals surface area contributed by atoms with Crippen molar-refractivity contribution in [3.8, 4) is 11.8 Å². The predicted molar refractivity (Wildman–Crippen MR) is 131 cm³/mol. The molecular weight excluding hydrogens is 445 g/mol. The first-order valence-electron chi connectivity index (χ1n) is 9.86. The molecule has 0 amide bonds. The van der Waals surface area contributed by atoms with Gasteiger partial charge in [0.2, 0.25) is 5.95 Å². The minimum Gasteiger partial charge on any atom is -0.495 e. The number of halogens is 1. The molecule has 0 unspecified atom stereocenters. The fraction of sp³-hybridized carbons (Fsp3) is 0.261. The summed E-state index contributed by atoms with van der Waals surface area (Å²) in [4.78, 5) is 8.74. The molecule has 0 saturated heterocycles. The summed E-state index contributed by atoms with van der Waals surface area (Å²) in [5.74, 6) is 1.24. The number of hydrogen-bond donors (Lipinski definition) is 2. The van der Waals surface area contributed by atoms with E-state index in [1.165, 1.54) is 6.20 Å². The second-order valence-corrected chi connectivity index (χ2v) is 11.8. The van der Waals surface area contributed by atoms with E-state index in [-0.39, 0.29) is 0 Å². The Balaban J connectivity index is 1.93. The molecule has 32 heavy (non-hydrogen) atoms. The average molecular weight is 470 g/mol. The zero-order chi connectivity index (χ0) is 23.5. The van der Waals surface area contributed by atoms with Crippen LogP contribution >= 0.6 is 18.7 Å². The molecule has 3 rings (SSSR count). The lowest BCUT2D eigenvalue weighted by molar-refractivity contribution is 0.415. The number of rotatable bonds is 7. The maximum Gasteiger partial charge on any atom is 0.229 e. The second-order valence-electron chi connectivity index (χ2n) is 8.16. The van der Waals surface area contributed by atoms with E-state index in [9.17, 15) is 9.83 Å². The Kier molecular flexibility index (Phi) is 6.78. The third-order valence-electron chi connectivity index (χ3n) is 4.93. The monoisotopic (exact) mass is 469 g/mol. The summed E-state index contributed by atoms with van der Waals surface area (Å²) < 4.78 is 18.2. The molecule has 2 aromatic carbocycles. The van der Waals surface area contributed by atoms with E-state index in [2.05, 4.69) is 26.7 Å². The molecule has 1 aromatic heterocycles. The highest BCUT2D eigenvalue weighted by Gasteiger charge is 2.22. The summed E-state index contributed by atoms with van der Waals surface area (Å²) in [6.07, 6.45) is 1.49. The van der Waals surface area contributed by atoms with Gasteiger partial charge in [-0.1, -0.05) is 29.8 Å². The van der Waals surface area contributed by atoms with Crippen molar-refractivity contribution in [1.29, 1.82) is 5.26 Å². The minimum absolute atomic E-state index is 0.302. The van der Waals surface area contributed by atoms with Crippen LogP contribution in [0.25, 0.3) is 0 Å². The second kappa shape index (κ2) is 9.20. The van der Waals surface area contributed by atoms with Gasteiger partial charge in [-0.15, -0.1) is 0 Å². The zero-order valence-corrected chi connectivity index (χ0v) is 20.3. The molecule has 0 atom stereocenters. The van der Waals surface area contributed by atoms with Gasteiger partial charge in [-0.25, -0.2) is 4.98 Å². The number of anilines is 4. The highest BCUT2D eigenvalue weighted by molar-refractivity contribution is 7.70. The van der Waals surface area contributed by atoms with Gasteiger partial charge in [0.15, 0.2) is 5.82 Å². The van der Waals surface area contributed by atoms with Crippen molar-refractivity contribution in [2.24, 2.45) is 0 Å². The first-order chi connectivity index (χ1) is 15.0. The maximum absolute atomic E-state index is 12.7. The van der Waals surface area contributed by atoms with Gasteiger partial charge in [0.1, 0.15) is 17.9 Å². The van der Waals surface area contributed by atoms with Gasteiger partial charge in [0.25, 0.3) is 0 Å². The molecule has 0 aliphatic rings. The number of nitrogens with zero attached hydrogens (tertiary/aromatic N) is 3. The third kappa shape index (κ3) is 5.21. The van der Waals surface area contributed by atoms with Gasteiger partial charge in [0, 0.05) is 5.30 Å². The summed E-state index contributed by atoms with van der Waals surface area (Å²) in [7, 11) is -0.951.